The number of ether oxygens (including phenoxy) is 1. The molecule has 24 heavy (non-hydrogen) atoms. The largest absolute Gasteiger partial charge is 0.497 e. The van der Waals surface area contributed by atoms with E-state index in [1.807, 2.05) is 36.4 Å². The lowest BCUT2D eigenvalue weighted by molar-refractivity contribution is -0.113. The summed E-state index contributed by atoms with van der Waals surface area (Å²) in [7, 11) is 1.61. The minimum absolute atomic E-state index is 0.244. The molecule has 2 aromatic rings. The third kappa shape index (κ3) is 3.20. The third-order valence-electron chi connectivity index (χ3n) is 3.56. The van der Waals surface area contributed by atoms with Gasteiger partial charge in [-0.15, -0.1) is 0 Å². The van der Waals surface area contributed by atoms with Crippen LogP contribution in [0.1, 0.15) is 5.56 Å². The van der Waals surface area contributed by atoms with Crippen molar-refractivity contribution in [2.24, 2.45) is 0 Å². The Hall–Kier alpha value is -3.34. The van der Waals surface area contributed by atoms with E-state index in [2.05, 4.69) is 5.32 Å². The topological polar surface area (TPSA) is 58.6 Å². The van der Waals surface area contributed by atoms with Gasteiger partial charge in [0.1, 0.15) is 11.4 Å². The Labute approximate surface area is 139 Å². The monoisotopic (exact) mass is 320 g/mol. The minimum Gasteiger partial charge on any atom is -0.497 e. The molecule has 120 valence electrons. The Morgan fingerprint density at radius 2 is 1.71 bits per heavy atom. The highest BCUT2D eigenvalue weighted by molar-refractivity contribution is 6.26. The molecule has 0 bridgehead atoms. The van der Waals surface area contributed by atoms with Crippen LogP contribution in [0.4, 0.5) is 10.5 Å². The molecule has 5 nitrogen and oxygen atoms in total. The molecule has 0 atom stereocenters. The second-order valence-electron chi connectivity index (χ2n) is 5.12. The second-order valence-corrected chi connectivity index (χ2v) is 5.12. The van der Waals surface area contributed by atoms with Crippen molar-refractivity contribution in [2.75, 3.05) is 12.0 Å². The lowest BCUT2D eigenvalue weighted by atomic mass is 10.2. The summed E-state index contributed by atoms with van der Waals surface area (Å²) in [4.78, 5) is 25.5. The quantitative estimate of drug-likeness (QED) is 0.694. The number of hydrogen-bond donors (Lipinski definition) is 1. The van der Waals surface area contributed by atoms with Gasteiger partial charge in [-0.3, -0.25) is 4.79 Å². The highest BCUT2D eigenvalue weighted by Gasteiger charge is 2.34. The van der Waals surface area contributed by atoms with Crippen LogP contribution < -0.4 is 15.0 Å². The summed E-state index contributed by atoms with van der Waals surface area (Å²) >= 11 is 0. The van der Waals surface area contributed by atoms with Gasteiger partial charge in [0.15, 0.2) is 0 Å². The van der Waals surface area contributed by atoms with Crippen LogP contribution in [-0.4, -0.2) is 19.0 Å². The van der Waals surface area contributed by atoms with E-state index in [9.17, 15) is 9.59 Å². The number of amides is 3. The first-order valence-corrected chi connectivity index (χ1v) is 7.42. The molecule has 0 radical (unpaired) electrons. The van der Waals surface area contributed by atoms with E-state index in [0.29, 0.717) is 5.69 Å². The number of allylic oxidation sites excluding steroid dienone is 2. The van der Waals surface area contributed by atoms with Crippen molar-refractivity contribution < 1.29 is 14.3 Å². The van der Waals surface area contributed by atoms with E-state index < -0.39 is 6.03 Å². The number of methoxy groups -OCH3 is 1. The standard InChI is InChI=1S/C19H16N2O3/c1-24-16-12-10-14(11-13-16)6-5-9-17-18(22)21(19(23)20-17)15-7-3-2-4-8-15/h2-13H,1H3,(H,20,23)/b6-5+,17-9-. The average Bonchev–Trinajstić information content (AvgIpc) is 2.90. The zero-order valence-corrected chi connectivity index (χ0v) is 13.1. The van der Waals surface area contributed by atoms with E-state index in [1.165, 1.54) is 0 Å². The van der Waals surface area contributed by atoms with Gasteiger partial charge >= 0.3 is 6.03 Å². The van der Waals surface area contributed by atoms with Gasteiger partial charge in [0, 0.05) is 0 Å². The van der Waals surface area contributed by atoms with Crippen molar-refractivity contribution in [3.05, 3.63) is 78.0 Å². The molecule has 1 saturated heterocycles. The molecule has 3 amide bonds. The fourth-order valence-electron chi connectivity index (χ4n) is 2.33. The van der Waals surface area contributed by atoms with Crippen molar-refractivity contribution in [3.8, 4) is 5.75 Å². The Morgan fingerprint density at radius 1 is 1.00 bits per heavy atom. The number of rotatable bonds is 4. The maximum Gasteiger partial charge on any atom is 0.333 e. The predicted molar refractivity (Wildman–Crippen MR) is 92.6 cm³/mol. The summed E-state index contributed by atoms with van der Waals surface area (Å²) in [5.41, 5.74) is 1.75. The van der Waals surface area contributed by atoms with Crippen LogP contribution in [0.25, 0.3) is 6.08 Å². The smallest absolute Gasteiger partial charge is 0.333 e. The number of urea groups is 1. The molecule has 3 rings (SSSR count). The van der Waals surface area contributed by atoms with E-state index in [-0.39, 0.29) is 11.6 Å². The Balaban J connectivity index is 1.75. The fraction of sp³-hybridized carbons (Fsp3) is 0.0526. The van der Waals surface area contributed by atoms with Crippen molar-refractivity contribution in [1.29, 1.82) is 0 Å². The normalized spacial score (nSPS) is 16.0. The first kappa shape index (κ1) is 15.6. The molecular weight excluding hydrogens is 304 g/mol. The van der Waals surface area contributed by atoms with Gasteiger partial charge in [0.2, 0.25) is 0 Å². The molecule has 1 aliphatic rings. The van der Waals surface area contributed by atoms with Crippen LogP contribution in [0.2, 0.25) is 0 Å². The molecule has 1 aliphatic heterocycles. The summed E-state index contributed by atoms with van der Waals surface area (Å²) in [6.45, 7) is 0. The molecule has 1 N–H and O–H groups in total. The summed E-state index contributed by atoms with van der Waals surface area (Å²) in [5, 5.41) is 2.58. The average molecular weight is 320 g/mol. The molecule has 1 heterocycles. The van der Waals surface area contributed by atoms with Crippen LogP contribution in [0.15, 0.2) is 72.4 Å². The molecule has 0 aliphatic carbocycles. The molecule has 0 aromatic heterocycles. The maximum absolute atomic E-state index is 12.4. The van der Waals surface area contributed by atoms with E-state index in [0.717, 1.165) is 16.2 Å². The zero-order valence-electron chi connectivity index (χ0n) is 13.1. The zero-order chi connectivity index (χ0) is 16.9. The highest BCUT2D eigenvalue weighted by atomic mass is 16.5. The summed E-state index contributed by atoms with van der Waals surface area (Å²) < 4.78 is 5.10. The molecular formula is C19H16N2O3. The van der Waals surface area contributed by atoms with Crippen LogP contribution in [-0.2, 0) is 4.79 Å². The Bertz CT molecular complexity index is 808. The number of para-hydroxylation sites is 1. The van der Waals surface area contributed by atoms with E-state index in [4.69, 9.17) is 4.74 Å². The lowest BCUT2D eigenvalue weighted by Crippen LogP contribution is -2.30. The third-order valence-corrected chi connectivity index (χ3v) is 3.56. The van der Waals surface area contributed by atoms with Crippen LogP contribution in [0, 0.1) is 0 Å². The SMILES string of the molecule is COc1ccc(/C=C/C=C2\NC(=O)N(c3ccccc3)C2=O)cc1. The lowest BCUT2D eigenvalue weighted by Gasteiger charge is -2.10. The summed E-state index contributed by atoms with van der Waals surface area (Å²) in [6.07, 6.45) is 5.16. The van der Waals surface area contributed by atoms with Gasteiger partial charge in [-0.25, -0.2) is 9.69 Å². The predicted octanol–water partition coefficient (Wildman–Crippen LogP) is 3.35. The first-order chi connectivity index (χ1) is 11.7. The number of carbonyl (C=O) groups excluding carboxylic acids is 2. The van der Waals surface area contributed by atoms with Crippen LogP contribution >= 0.6 is 0 Å². The molecule has 0 spiro atoms. The number of imide groups is 1. The summed E-state index contributed by atoms with van der Waals surface area (Å²) in [6, 6.07) is 15.9. The number of hydrogen-bond acceptors (Lipinski definition) is 3. The van der Waals surface area contributed by atoms with Crippen LogP contribution in [0.5, 0.6) is 5.75 Å². The number of anilines is 1. The molecule has 0 saturated carbocycles. The van der Waals surface area contributed by atoms with E-state index in [1.54, 1.807) is 43.5 Å². The van der Waals surface area contributed by atoms with Crippen molar-refractivity contribution >= 4 is 23.7 Å². The van der Waals surface area contributed by atoms with Crippen molar-refractivity contribution in [3.63, 3.8) is 0 Å². The molecule has 2 aromatic carbocycles. The van der Waals surface area contributed by atoms with Gasteiger partial charge in [0.25, 0.3) is 5.91 Å². The maximum atomic E-state index is 12.4. The molecule has 5 heteroatoms. The van der Waals surface area contributed by atoms with Gasteiger partial charge in [0.05, 0.1) is 12.8 Å². The molecule has 1 fully saturated rings. The van der Waals surface area contributed by atoms with Gasteiger partial charge in [-0.05, 0) is 35.9 Å². The number of nitrogens with one attached hydrogen (secondary N) is 1. The molecule has 0 unspecified atom stereocenters. The second kappa shape index (κ2) is 6.83. The van der Waals surface area contributed by atoms with Gasteiger partial charge in [-0.2, -0.15) is 0 Å². The van der Waals surface area contributed by atoms with Crippen LogP contribution in [0.3, 0.4) is 0 Å². The Morgan fingerprint density at radius 3 is 2.38 bits per heavy atom. The minimum atomic E-state index is -0.449. The van der Waals surface area contributed by atoms with Gasteiger partial charge < -0.3 is 10.1 Å². The fourth-order valence-corrected chi connectivity index (χ4v) is 2.33. The Kier molecular flexibility index (Phi) is 4.43. The number of carbonyl (C=O) groups is 2. The first-order valence-electron chi connectivity index (χ1n) is 7.42. The van der Waals surface area contributed by atoms with Gasteiger partial charge in [-0.1, -0.05) is 42.5 Å². The highest BCUT2D eigenvalue weighted by Crippen LogP contribution is 2.20. The van der Waals surface area contributed by atoms with Crippen molar-refractivity contribution in [1.82, 2.24) is 5.32 Å². The summed E-state index contributed by atoms with van der Waals surface area (Å²) in [5.74, 6) is 0.410. The van der Waals surface area contributed by atoms with E-state index >= 15 is 0 Å². The number of benzene rings is 2. The number of nitrogens with zero attached hydrogens (tertiary/aromatic N) is 1. The van der Waals surface area contributed by atoms with Crippen molar-refractivity contribution in [2.45, 2.75) is 0 Å².